The maximum Gasteiger partial charge on any atom is 0.191 e. The van der Waals surface area contributed by atoms with Crippen LogP contribution in [0.15, 0.2) is 29.3 Å². The van der Waals surface area contributed by atoms with E-state index >= 15 is 0 Å². The Hall–Kier alpha value is -1.35. The van der Waals surface area contributed by atoms with Gasteiger partial charge in [0.25, 0.3) is 0 Å². The number of para-hydroxylation sites is 2. The van der Waals surface area contributed by atoms with E-state index < -0.39 is 0 Å². The molecule has 1 aliphatic rings. The molecule has 1 atom stereocenters. The fraction of sp³-hybridized carbons (Fsp3) is 0.600. The number of nitrogens with zero attached hydrogens (tertiary/aromatic N) is 4. The third kappa shape index (κ3) is 5.81. The lowest BCUT2D eigenvalue weighted by Crippen LogP contribution is -2.41. The van der Waals surface area contributed by atoms with Gasteiger partial charge in [-0.2, -0.15) is 0 Å². The summed E-state index contributed by atoms with van der Waals surface area (Å²) in [4.78, 5) is 11.6. The number of hydrogen-bond acceptors (Lipinski definition) is 3. The Morgan fingerprint density at radius 2 is 2.07 bits per heavy atom. The zero-order chi connectivity index (χ0) is 18.4. The molecular weight excluding hydrogens is 451 g/mol. The average molecular weight is 484 g/mol. The fourth-order valence-electron chi connectivity index (χ4n) is 3.72. The highest BCUT2D eigenvalue weighted by Crippen LogP contribution is 2.16. The normalized spacial score (nSPS) is 18.3. The van der Waals surface area contributed by atoms with Crippen LogP contribution in [0.2, 0.25) is 0 Å². The fourth-order valence-corrected chi connectivity index (χ4v) is 3.72. The molecule has 27 heavy (non-hydrogen) atoms. The first-order chi connectivity index (χ1) is 12.7. The van der Waals surface area contributed by atoms with Crippen LogP contribution < -0.4 is 10.6 Å². The van der Waals surface area contributed by atoms with Gasteiger partial charge in [0.2, 0.25) is 0 Å². The minimum atomic E-state index is 0. The molecule has 1 unspecified atom stereocenters. The number of guanidine groups is 1. The SMILES string of the molecule is CN=C(NCCCN1CCCCC1C)NCc1nc2ccccc2n1C.I. The van der Waals surface area contributed by atoms with Gasteiger partial charge in [0.05, 0.1) is 17.6 Å². The van der Waals surface area contributed by atoms with Crippen LogP contribution in [0.5, 0.6) is 0 Å². The number of rotatable bonds is 6. The number of nitrogens with one attached hydrogen (secondary N) is 2. The number of benzene rings is 1. The van der Waals surface area contributed by atoms with Crippen LogP contribution in [0, 0.1) is 0 Å². The number of aryl methyl sites for hydroxylation is 1. The second-order valence-electron chi connectivity index (χ2n) is 7.16. The Balaban J connectivity index is 0.00000261. The molecule has 2 heterocycles. The molecule has 0 radical (unpaired) electrons. The lowest BCUT2D eigenvalue weighted by molar-refractivity contribution is 0.159. The number of piperidine rings is 1. The van der Waals surface area contributed by atoms with Gasteiger partial charge < -0.3 is 20.1 Å². The van der Waals surface area contributed by atoms with E-state index in [2.05, 4.69) is 45.1 Å². The van der Waals surface area contributed by atoms with Crippen molar-refractivity contribution in [2.45, 2.75) is 45.2 Å². The molecule has 1 aliphatic heterocycles. The molecule has 150 valence electrons. The highest BCUT2D eigenvalue weighted by atomic mass is 127. The molecule has 0 spiro atoms. The van der Waals surface area contributed by atoms with Crippen LogP contribution in [0.25, 0.3) is 11.0 Å². The van der Waals surface area contributed by atoms with E-state index in [9.17, 15) is 0 Å². The van der Waals surface area contributed by atoms with Crippen molar-refractivity contribution in [3.8, 4) is 0 Å². The molecule has 7 heteroatoms. The van der Waals surface area contributed by atoms with Crippen LogP contribution in [0.4, 0.5) is 0 Å². The van der Waals surface area contributed by atoms with Crippen LogP contribution >= 0.6 is 24.0 Å². The summed E-state index contributed by atoms with van der Waals surface area (Å²) in [5.74, 6) is 1.85. The Kier molecular flexibility index (Phi) is 8.82. The van der Waals surface area contributed by atoms with Crippen molar-refractivity contribution in [2.75, 3.05) is 26.7 Å². The lowest BCUT2D eigenvalue weighted by atomic mass is 10.0. The lowest BCUT2D eigenvalue weighted by Gasteiger charge is -2.33. The third-order valence-corrected chi connectivity index (χ3v) is 5.37. The first-order valence-electron chi connectivity index (χ1n) is 9.78. The zero-order valence-electron chi connectivity index (χ0n) is 16.7. The van der Waals surface area contributed by atoms with Crippen molar-refractivity contribution in [2.24, 2.45) is 12.0 Å². The van der Waals surface area contributed by atoms with Gasteiger partial charge in [0, 0.05) is 33.2 Å². The molecule has 1 saturated heterocycles. The molecule has 2 N–H and O–H groups in total. The van der Waals surface area contributed by atoms with Crippen molar-refractivity contribution in [3.05, 3.63) is 30.1 Å². The van der Waals surface area contributed by atoms with Gasteiger partial charge >= 0.3 is 0 Å². The van der Waals surface area contributed by atoms with E-state index in [1.54, 1.807) is 0 Å². The van der Waals surface area contributed by atoms with Gasteiger partial charge in [-0.05, 0) is 44.9 Å². The third-order valence-electron chi connectivity index (χ3n) is 5.37. The number of hydrogen-bond donors (Lipinski definition) is 2. The van der Waals surface area contributed by atoms with E-state index in [4.69, 9.17) is 4.98 Å². The van der Waals surface area contributed by atoms with Crippen LogP contribution in [-0.2, 0) is 13.6 Å². The molecule has 3 rings (SSSR count). The maximum atomic E-state index is 4.70. The van der Waals surface area contributed by atoms with E-state index in [0.717, 1.165) is 48.4 Å². The molecule has 1 aromatic carbocycles. The quantitative estimate of drug-likeness (QED) is 0.287. The summed E-state index contributed by atoms with van der Waals surface area (Å²) < 4.78 is 2.13. The highest BCUT2D eigenvalue weighted by Gasteiger charge is 2.17. The minimum Gasteiger partial charge on any atom is -0.356 e. The van der Waals surface area contributed by atoms with E-state index in [1.165, 1.54) is 25.8 Å². The number of aromatic nitrogens is 2. The van der Waals surface area contributed by atoms with E-state index in [-0.39, 0.29) is 24.0 Å². The maximum absolute atomic E-state index is 4.70. The minimum absolute atomic E-state index is 0. The van der Waals surface area contributed by atoms with Crippen LogP contribution in [0.1, 0.15) is 38.4 Å². The predicted molar refractivity (Wildman–Crippen MR) is 124 cm³/mol. The average Bonchev–Trinajstić information content (AvgIpc) is 2.99. The first kappa shape index (κ1) is 21.9. The topological polar surface area (TPSA) is 57.5 Å². The number of halogens is 1. The highest BCUT2D eigenvalue weighted by molar-refractivity contribution is 14.0. The molecule has 0 amide bonds. The van der Waals surface area contributed by atoms with E-state index in [1.807, 2.05) is 25.2 Å². The van der Waals surface area contributed by atoms with Crippen molar-refractivity contribution in [1.82, 2.24) is 25.1 Å². The van der Waals surface area contributed by atoms with Gasteiger partial charge in [-0.25, -0.2) is 4.98 Å². The number of aliphatic imine (C=N–C) groups is 1. The summed E-state index contributed by atoms with van der Waals surface area (Å²) in [5.41, 5.74) is 2.19. The molecule has 1 fully saturated rings. The summed E-state index contributed by atoms with van der Waals surface area (Å²) in [5, 5.41) is 6.80. The smallest absolute Gasteiger partial charge is 0.191 e. The van der Waals surface area contributed by atoms with Gasteiger partial charge in [-0.3, -0.25) is 4.99 Å². The summed E-state index contributed by atoms with van der Waals surface area (Å²) >= 11 is 0. The standard InChI is InChI=1S/C20H32N6.HI/c1-16-9-6-7-13-26(16)14-8-12-22-20(21-2)23-15-19-24-17-10-4-5-11-18(17)25(19)3;/h4-5,10-11,16H,6-9,12-15H2,1-3H3,(H2,21,22,23);1H. The second-order valence-corrected chi connectivity index (χ2v) is 7.16. The zero-order valence-corrected chi connectivity index (χ0v) is 19.1. The molecule has 0 aliphatic carbocycles. The number of imidazole rings is 1. The Labute approximate surface area is 179 Å². The van der Waals surface area contributed by atoms with Crippen LogP contribution in [-0.4, -0.2) is 53.1 Å². The van der Waals surface area contributed by atoms with Crippen molar-refractivity contribution < 1.29 is 0 Å². The molecule has 0 bridgehead atoms. The molecule has 6 nitrogen and oxygen atoms in total. The van der Waals surface area contributed by atoms with Gasteiger partial charge in [-0.15, -0.1) is 24.0 Å². The molecule has 2 aromatic rings. The summed E-state index contributed by atoms with van der Waals surface area (Å²) in [6, 6.07) is 8.95. The number of likely N-dealkylation sites (tertiary alicyclic amines) is 1. The van der Waals surface area contributed by atoms with Crippen molar-refractivity contribution in [1.29, 1.82) is 0 Å². The van der Waals surface area contributed by atoms with Crippen molar-refractivity contribution in [3.63, 3.8) is 0 Å². The largest absolute Gasteiger partial charge is 0.356 e. The summed E-state index contributed by atoms with van der Waals surface area (Å²) in [7, 11) is 3.87. The Morgan fingerprint density at radius 3 is 2.81 bits per heavy atom. The van der Waals surface area contributed by atoms with E-state index in [0.29, 0.717) is 6.54 Å². The van der Waals surface area contributed by atoms with Crippen LogP contribution in [0.3, 0.4) is 0 Å². The predicted octanol–water partition coefficient (Wildman–Crippen LogP) is 3.12. The monoisotopic (exact) mass is 484 g/mol. The Morgan fingerprint density at radius 1 is 1.26 bits per heavy atom. The molecular formula is C20H33IN6. The molecule has 1 aromatic heterocycles. The second kappa shape index (κ2) is 10.8. The Bertz CT molecular complexity index is 741. The molecule has 0 saturated carbocycles. The first-order valence-corrected chi connectivity index (χ1v) is 9.78. The van der Waals surface area contributed by atoms with Gasteiger partial charge in [0.1, 0.15) is 5.82 Å². The van der Waals surface area contributed by atoms with Gasteiger partial charge in [-0.1, -0.05) is 18.6 Å². The van der Waals surface area contributed by atoms with Crippen molar-refractivity contribution >= 4 is 41.0 Å². The number of fused-ring (bicyclic) bond motifs is 1. The summed E-state index contributed by atoms with van der Waals surface area (Å²) in [6.07, 6.45) is 5.21. The summed E-state index contributed by atoms with van der Waals surface area (Å²) in [6.45, 7) is 6.36. The van der Waals surface area contributed by atoms with Gasteiger partial charge in [0.15, 0.2) is 5.96 Å².